The lowest BCUT2D eigenvalue weighted by atomic mass is 9.74. The standard InChI is InChI=1S/C26H24O2/c1-15-7-9-24-20(11-15)21-14-17(8-10-25(21)27-24)19-12-16(2)13-22-18-5-3-4-6-23(18)28-26(19)22/h3-7,9,11-13,17,21,25H,8,10,14H2,1-2H3. The lowest BCUT2D eigenvalue weighted by Crippen LogP contribution is -2.26. The molecule has 4 aromatic rings. The Labute approximate surface area is 165 Å². The molecular formula is C26H24O2. The van der Waals surface area contributed by atoms with Crippen LogP contribution in [0.1, 0.15) is 53.4 Å². The van der Waals surface area contributed by atoms with E-state index in [1.165, 1.54) is 33.0 Å². The number of para-hydroxylation sites is 1. The van der Waals surface area contributed by atoms with Crippen LogP contribution in [0.3, 0.4) is 0 Å². The maximum atomic E-state index is 6.36. The Hall–Kier alpha value is -2.74. The smallest absolute Gasteiger partial charge is 0.138 e. The Balaban J connectivity index is 1.46. The Morgan fingerprint density at radius 1 is 0.821 bits per heavy atom. The van der Waals surface area contributed by atoms with Gasteiger partial charge < -0.3 is 9.15 Å². The monoisotopic (exact) mass is 368 g/mol. The van der Waals surface area contributed by atoms with Crippen LogP contribution in [-0.2, 0) is 0 Å². The molecule has 0 amide bonds. The van der Waals surface area contributed by atoms with Crippen LogP contribution in [0.2, 0.25) is 0 Å². The van der Waals surface area contributed by atoms with E-state index in [2.05, 4.69) is 68.4 Å². The van der Waals surface area contributed by atoms with Crippen molar-refractivity contribution >= 4 is 21.9 Å². The summed E-state index contributed by atoms with van der Waals surface area (Å²) < 4.78 is 12.6. The van der Waals surface area contributed by atoms with Crippen LogP contribution >= 0.6 is 0 Å². The quantitative estimate of drug-likeness (QED) is 0.360. The van der Waals surface area contributed by atoms with Crippen molar-refractivity contribution in [2.24, 2.45) is 0 Å². The average Bonchev–Trinajstić information content (AvgIpc) is 3.25. The summed E-state index contributed by atoms with van der Waals surface area (Å²) in [5, 5.41) is 2.48. The molecule has 0 saturated heterocycles. The minimum absolute atomic E-state index is 0.337. The number of rotatable bonds is 1. The van der Waals surface area contributed by atoms with Crippen LogP contribution in [0.5, 0.6) is 5.75 Å². The molecule has 0 spiro atoms. The first kappa shape index (κ1) is 16.2. The predicted octanol–water partition coefficient (Wildman–Crippen LogP) is 7.02. The second-order valence-corrected chi connectivity index (χ2v) is 8.64. The first-order chi connectivity index (χ1) is 13.7. The van der Waals surface area contributed by atoms with E-state index in [0.717, 1.165) is 36.2 Å². The zero-order chi connectivity index (χ0) is 18.8. The van der Waals surface area contributed by atoms with Gasteiger partial charge in [-0.1, -0.05) is 42.0 Å². The SMILES string of the molecule is Cc1ccc2c(c1)C1CC(c3cc(C)cc4c3oc3ccccc34)CCC1O2. The van der Waals surface area contributed by atoms with Gasteiger partial charge in [0.25, 0.3) is 0 Å². The third-order valence-corrected chi connectivity index (χ3v) is 6.72. The zero-order valence-electron chi connectivity index (χ0n) is 16.4. The highest BCUT2D eigenvalue weighted by Crippen LogP contribution is 2.51. The predicted molar refractivity (Wildman–Crippen MR) is 113 cm³/mol. The van der Waals surface area contributed by atoms with Gasteiger partial charge in [0, 0.05) is 22.3 Å². The lowest BCUT2D eigenvalue weighted by Gasteiger charge is -2.31. The molecule has 2 heterocycles. The third-order valence-electron chi connectivity index (χ3n) is 6.72. The Morgan fingerprint density at radius 2 is 1.68 bits per heavy atom. The number of ether oxygens (including phenoxy) is 1. The summed E-state index contributed by atoms with van der Waals surface area (Å²) >= 11 is 0. The van der Waals surface area contributed by atoms with Gasteiger partial charge in [-0.05, 0) is 68.4 Å². The van der Waals surface area contributed by atoms with E-state index in [-0.39, 0.29) is 0 Å². The molecule has 1 aliphatic heterocycles. The Morgan fingerprint density at radius 3 is 2.61 bits per heavy atom. The van der Waals surface area contributed by atoms with Crippen LogP contribution in [-0.4, -0.2) is 6.10 Å². The van der Waals surface area contributed by atoms with E-state index in [9.17, 15) is 0 Å². The molecule has 1 fully saturated rings. The molecule has 6 rings (SSSR count). The minimum Gasteiger partial charge on any atom is -0.489 e. The maximum Gasteiger partial charge on any atom is 0.138 e. The largest absolute Gasteiger partial charge is 0.489 e. The molecule has 2 aliphatic rings. The summed E-state index contributed by atoms with van der Waals surface area (Å²) in [6.07, 6.45) is 3.74. The Bertz CT molecular complexity index is 1220. The summed E-state index contributed by atoms with van der Waals surface area (Å²) in [6.45, 7) is 4.38. The molecule has 0 N–H and O–H groups in total. The van der Waals surface area contributed by atoms with Gasteiger partial charge in [-0.3, -0.25) is 0 Å². The van der Waals surface area contributed by atoms with Crippen LogP contribution in [0.25, 0.3) is 21.9 Å². The highest BCUT2D eigenvalue weighted by molar-refractivity contribution is 6.06. The summed E-state index contributed by atoms with van der Waals surface area (Å²) in [6, 6.07) is 19.7. The molecule has 140 valence electrons. The van der Waals surface area contributed by atoms with Crippen molar-refractivity contribution in [2.45, 2.75) is 51.0 Å². The van der Waals surface area contributed by atoms with Crippen LogP contribution in [0.15, 0.2) is 59.0 Å². The number of benzene rings is 3. The van der Waals surface area contributed by atoms with Gasteiger partial charge in [0.1, 0.15) is 23.0 Å². The fourth-order valence-electron chi connectivity index (χ4n) is 5.43. The van der Waals surface area contributed by atoms with E-state index < -0.39 is 0 Å². The first-order valence-corrected chi connectivity index (χ1v) is 10.4. The molecule has 3 unspecified atom stereocenters. The van der Waals surface area contributed by atoms with Gasteiger partial charge in [-0.15, -0.1) is 0 Å². The Kier molecular flexibility index (Phi) is 3.41. The molecule has 0 radical (unpaired) electrons. The molecule has 1 aliphatic carbocycles. The van der Waals surface area contributed by atoms with Gasteiger partial charge >= 0.3 is 0 Å². The van der Waals surface area contributed by atoms with Gasteiger partial charge in [-0.25, -0.2) is 0 Å². The molecule has 28 heavy (non-hydrogen) atoms. The minimum atomic E-state index is 0.337. The highest BCUT2D eigenvalue weighted by atomic mass is 16.5. The van der Waals surface area contributed by atoms with Crippen molar-refractivity contribution in [3.63, 3.8) is 0 Å². The van der Waals surface area contributed by atoms with Crippen molar-refractivity contribution in [3.8, 4) is 5.75 Å². The summed E-state index contributed by atoms with van der Waals surface area (Å²) in [5.74, 6) is 2.10. The van der Waals surface area contributed by atoms with Crippen molar-refractivity contribution in [2.75, 3.05) is 0 Å². The average molecular weight is 368 g/mol. The molecule has 1 aromatic heterocycles. The van der Waals surface area contributed by atoms with Crippen LogP contribution < -0.4 is 4.74 Å². The summed E-state index contributed by atoms with van der Waals surface area (Å²) in [5.41, 5.74) is 7.49. The van der Waals surface area contributed by atoms with E-state index in [4.69, 9.17) is 9.15 Å². The van der Waals surface area contributed by atoms with Gasteiger partial charge in [0.05, 0.1) is 0 Å². The molecule has 1 saturated carbocycles. The van der Waals surface area contributed by atoms with E-state index >= 15 is 0 Å². The summed E-state index contributed by atoms with van der Waals surface area (Å²) in [4.78, 5) is 0. The van der Waals surface area contributed by atoms with Crippen LogP contribution in [0.4, 0.5) is 0 Å². The molecule has 2 heteroatoms. The van der Waals surface area contributed by atoms with Crippen molar-refractivity contribution in [1.29, 1.82) is 0 Å². The van der Waals surface area contributed by atoms with E-state index in [0.29, 0.717) is 17.9 Å². The molecular weight excluding hydrogens is 344 g/mol. The zero-order valence-corrected chi connectivity index (χ0v) is 16.4. The molecule has 3 atom stereocenters. The number of hydrogen-bond donors (Lipinski definition) is 0. The number of aryl methyl sites for hydroxylation is 2. The van der Waals surface area contributed by atoms with E-state index in [1.807, 2.05) is 0 Å². The van der Waals surface area contributed by atoms with Gasteiger partial charge in [0.15, 0.2) is 0 Å². The van der Waals surface area contributed by atoms with Gasteiger partial charge in [-0.2, -0.15) is 0 Å². The molecule has 2 nitrogen and oxygen atoms in total. The third kappa shape index (κ3) is 2.33. The fourth-order valence-corrected chi connectivity index (χ4v) is 5.43. The van der Waals surface area contributed by atoms with Crippen LogP contribution in [0, 0.1) is 13.8 Å². The maximum absolute atomic E-state index is 6.36. The first-order valence-electron chi connectivity index (χ1n) is 10.4. The second kappa shape index (κ2) is 5.88. The molecule has 0 bridgehead atoms. The van der Waals surface area contributed by atoms with E-state index in [1.54, 1.807) is 0 Å². The highest BCUT2D eigenvalue weighted by Gasteiger charge is 2.40. The summed E-state index contributed by atoms with van der Waals surface area (Å²) in [7, 11) is 0. The molecule has 3 aromatic carbocycles. The normalized spacial score (nSPS) is 23.6. The number of hydrogen-bond acceptors (Lipinski definition) is 2. The number of furan rings is 1. The topological polar surface area (TPSA) is 22.4 Å². The van der Waals surface area contributed by atoms with Crippen molar-refractivity contribution < 1.29 is 9.15 Å². The number of fused-ring (bicyclic) bond motifs is 6. The fraction of sp³-hybridized carbons (Fsp3) is 0.308. The van der Waals surface area contributed by atoms with Crippen molar-refractivity contribution in [1.82, 2.24) is 0 Å². The van der Waals surface area contributed by atoms with Gasteiger partial charge in [0.2, 0.25) is 0 Å². The lowest BCUT2D eigenvalue weighted by molar-refractivity contribution is 0.154. The second-order valence-electron chi connectivity index (χ2n) is 8.64. The van der Waals surface area contributed by atoms with Crippen molar-refractivity contribution in [3.05, 3.63) is 76.9 Å².